The Labute approximate surface area is 156 Å². The van der Waals surface area contributed by atoms with Crippen molar-refractivity contribution in [3.05, 3.63) is 77.9 Å². The Bertz CT molecular complexity index is 952. The molecule has 0 aliphatic carbocycles. The minimum Gasteiger partial charge on any atom is -0.378 e. The van der Waals surface area contributed by atoms with Gasteiger partial charge in [0.1, 0.15) is 5.60 Å². The lowest BCUT2D eigenvalue weighted by molar-refractivity contribution is 0.143. The molecule has 3 rings (SSSR count). The van der Waals surface area contributed by atoms with Crippen LogP contribution in [-0.2, 0) is 6.54 Å². The second-order valence-electron chi connectivity index (χ2n) is 7.02. The smallest absolute Gasteiger partial charge is 0.120 e. The third-order valence-corrected chi connectivity index (χ3v) is 4.30. The summed E-state index contributed by atoms with van der Waals surface area (Å²) in [6.45, 7) is 7.32. The van der Waals surface area contributed by atoms with Crippen molar-refractivity contribution in [2.45, 2.75) is 32.9 Å². The summed E-state index contributed by atoms with van der Waals surface area (Å²) in [6, 6.07) is 23.2. The van der Waals surface area contributed by atoms with Crippen LogP contribution in [0.4, 0.5) is 5.69 Å². The molecule has 0 spiro atoms. The van der Waals surface area contributed by atoms with Crippen molar-refractivity contribution in [3.8, 4) is 11.8 Å². The molecule has 2 heteroatoms. The van der Waals surface area contributed by atoms with Crippen molar-refractivity contribution in [1.29, 1.82) is 0 Å². The van der Waals surface area contributed by atoms with E-state index in [2.05, 4.69) is 78.3 Å². The van der Waals surface area contributed by atoms with Crippen molar-refractivity contribution in [2.24, 2.45) is 0 Å². The average molecular weight is 343 g/mol. The Hall–Kier alpha value is -2.76. The summed E-state index contributed by atoms with van der Waals surface area (Å²) in [5, 5.41) is 12.3. The van der Waals surface area contributed by atoms with Crippen LogP contribution in [0.2, 0.25) is 0 Å². The zero-order valence-electron chi connectivity index (χ0n) is 15.7. The number of hydrogen-bond acceptors (Lipinski definition) is 2. The fourth-order valence-electron chi connectivity index (χ4n) is 3.04. The number of nitrogens with zero attached hydrogens (tertiary/aromatic N) is 1. The maximum absolute atomic E-state index is 9.80. The summed E-state index contributed by atoms with van der Waals surface area (Å²) in [4.78, 5) is 2.38. The minimum absolute atomic E-state index is 0.822. The molecule has 26 heavy (non-hydrogen) atoms. The fraction of sp³-hybridized carbons (Fsp3) is 0.250. The quantitative estimate of drug-likeness (QED) is 0.675. The van der Waals surface area contributed by atoms with Crippen molar-refractivity contribution < 1.29 is 5.11 Å². The van der Waals surface area contributed by atoms with E-state index in [1.165, 1.54) is 22.0 Å². The molecule has 0 fully saturated rings. The van der Waals surface area contributed by atoms with Crippen LogP contribution in [0, 0.1) is 11.8 Å². The van der Waals surface area contributed by atoms with E-state index in [9.17, 15) is 5.11 Å². The molecule has 0 radical (unpaired) electrons. The van der Waals surface area contributed by atoms with Gasteiger partial charge in [-0.2, -0.15) is 0 Å². The van der Waals surface area contributed by atoms with Gasteiger partial charge in [-0.1, -0.05) is 60.4 Å². The second-order valence-corrected chi connectivity index (χ2v) is 7.02. The van der Waals surface area contributed by atoms with Gasteiger partial charge in [-0.3, -0.25) is 0 Å². The van der Waals surface area contributed by atoms with Crippen LogP contribution >= 0.6 is 0 Å². The lowest BCUT2D eigenvalue weighted by Gasteiger charge is -2.25. The summed E-state index contributed by atoms with van der Waals surface area (Å²) in [5.74, 6) is 5.95. The molecular formula is C24H25NO. The summed E-state index contributed by atoms with van der Waals surface area (Å²) in [6.07, 6.45) is 0. The molecule has 2 nitrogen and oxygen atoms in total. The predicted octanol–water partition coefficient (Wildman–Crippen LogP) is 4.99. The van der Waals surface area contributed by atoms with Crippen LogP contribution in [-0.4, -0.2) is 17.3 Å². The maximum atomic E-state index is 9.80. The Kier molecular flexibility index (Phi) is 5.30. The summed E-state index contributed by atoms with van der Waals surface area (Å²) >= 11 is 0. The SMILES string of the molecule is CCN(Cc1cccc(C#CC(C)(C)O)c1)c1cccc2ccccc12. The van der Waals surface area contributed by atoms with Gasteiger partial charge < -0.3 is 10.0 Å². The van der Waals surface area contributed by atoms with Crippen molar-refractivity contribution >= 4 is 16.5 Å². The van der Waals surface area contributed by atoms with Crippen LogP contribution < -0.4 is 4.90 Å². The molecule has 0 aromatic heterocycles. The molecule has 0 saturated heterocycles. The van der Waals surface area contributed by atoms with E-state index >= 15 is 0 Å². The van der Waals surface area contributed by atoms with Crippen LogP contribution in [0.15, 0.2) is 66.7 Å². The topological polar surface area (TPSA) is 23.5 Å². The third kappa shape index (κ3) is 4.45. The fourth-order valence-corrected chi connectivity index (χ4v) is 3.04. The van der Waals surface area contributed by atoms with Gasteiger partial charge >= 0.3 is 0 Å². The number of rotatable bonds is 4. The Morgan fingerprint density at radius 2 is 1.69 bits per heavy atom. The van der Waals surface area contributed by atoms with Gasteiger partial charge in [-0.25, -0.2) is 0 Å². The van der Waals surface area contributed by atoms with E-state index in [4.69, 9.17) is 0 Å². The molecule has 1 N–H and O–H groups in total. The standard InChI is InChI=1S/C24H25NO/c1-4-25(23-14-8-12-21-11-5-6-13-22(21)23)18-20-10-7-9-19(17-20)15-16-24(2,3)26/h5-14,17,26H,4,18H2,1-3H3. The molecule has 0 aliphatic rings. The molecule has 0 saturated carbocycles. The summed E-state index contributed by atoms with van der Waals surface area (Å²) in [7, 11) is 0. The number of hydrogen-bond donors (Lipinski definition) is 1. The Morgan fingerprint density at radius 1 is 0.962 bits per heavy atom. The Balaban J connectivity index is 1.90. The van der Waals surface area contributed by atoms with Crippen LogP contribution in [0.3, 0.4) is 0 Å². The average Bonchev–Trinajstić information content (AvgIpc) is 2.64. The van der Waals surface area contributed by atoms with Gasteiger partial charge in [0.15, 0.2) is 0 Å². The largest absolute Gasteiger partial charge is 0.378 e. The maximum Gasteiger partial charge on any atom is 0.120 e. The number of benzene rings is 3. The van der Waals surface area contributed by atoms with Gasteiger partial charge in [0.05, 0.1) is 0 Å². The van der Waals surface area contributed by atoms with Gasteiger partial charge in [0, 0.05) is 29.7 Å². The molecule has 3 aromatic rings. The predicted molar refractivity (Wildman–Crippen MR) is 110 cm³/mol. The zero-order valence-corrected chi connectivity index (χ0v) is 15.7. The van der Waals surface area contributed by atoms with Crippen LogP contribution in [0.25, 0.3) is 10.8 Å². The highest BCUT2D eigenvalue weighted by molar-refractivity contribution is 5.94. The molecule has 0 aliphatic heterocycles. The minimum atomic E-state index is -0.978. The van der Waals surface area contributed by atoms with Gasteiger partial charge in [0.2, 0.25) is 0 Å². The molecule has 0 amide bonds. The van der Waals surface area contributed by atoms with Gasteiger partial charge in [-0.05, 0) is 49.9 Å². The highest BCUT2D eigenvalue weighted by Crippen LogP contribution is 2.27. The molecule has 0 unspecified atom stereocenters. The molecule has 0 atom stereocenters. The van der Waals surface area contributed by atoms with Crippen LogP contribution in [0.1, 0.15) is 31.9 Å². The number of fused-ring (bicyclic) bond motifs is 1. The first-order chi connectivity index (χ1) is 12.5. The number of aliphatic hydroxyl groups is 1. The highest BCUT2D eigenvalue weighted by atomic mass is 16.3. The third-order valence-electron chi connectivity index (χ3n) is 4.30. The van der Waals surface area contributed by atoms with Crippen molar-refractivity contribution in [3.63, 3.8) is 0 Å². The first-order valence-electron chi connectivity index (χ1n) is 9.03. The van der Waals surface area contributed by atoms with Crippen molar-refractivity contribution in [2.75, 3.05) is 11.4 Å². The van der Waals surface area contributed by atoms with E-state index in [1.807, 2.05) is 12.1 Å². The lowest BCUT2D eigenvalue weighted by atomic mass is 10.1. The molecule has 0 bridgehead atoms. The highest BCUT2D eigenvalue weighted by Gasteiger charge is 2.10. The first kappa shape index (κ1) is 18.0. The van der Waals surface area contributed by atoms with E-state index in [-0.39, 0.29) is 0 Å². The van der Waals surface area contributed by atoms with E-state index in [1.54, 1.807) is 13.8 Å². The second kappa shape index (κ2) is 7.64. The van der Waals surface area contributed by atoms with Gasteiger partial charge in [-0.15, -0.1) is 0 Å². The summed E-state index contributed by atoms with van der Waals surface area (Å²) in [5.41, 5.74) is 2.41. The van der Waals surface area contributed by atoms with Gasteiger partial charge in [0.25, 0.3) is 0 Å². The lowest BCUT2D eigenvalue weighted by Crippen LogP contribution is -2.22. The van der Waals surface area contributed by atoms with Crippen molar-refractivity contribution in [1.82, 2.24) is 0 Å². The first-order valence-corrected chi connectivity index (χ1v) is 9.03. The van der Waals surface area contributed by atoms with Crippen LogP contribution in [0.5, 0.6) is 0 Å². The number of anilines is 1. The molecule has 3 aromatic carbocycles. The molecule has 132 valence electrons. The summed E-state index contributed by atoms with van der Waals surface area (Å²) < 4.78 is 0. The van der Waals surface area contributed by atoms with E-state index in [0.29, 0.717) is 0 Å². The monoisotopic (exact) mass is 343 g/mol. The normalized spacial score (nSPS) is 11.1. The van der Waals surface area contributed by atoms with E-state index < -0.39 is 5.60 Å². The molecule has 0 heterocycles. The Morgan fingerprint density at radius 3 is 2.46 bits per heavy atom. The van der Waals surface area contributed by atoms with E-state index in [0.717, 1.165) is 18.7 Å². The molecular weight excluding hydrogens is 318 g/mol. The zero-order chi connectivity index (χ0) is 18.6.